The lowest BCUT2D eigenvalue weighted by Gasteiger charge is -2.40. The summed E-state index contributed by atoms with van der Waals surface area (Å²) in [5.41, 5.74) is 3.63. The maximum atomic E-state index is 6.08. The van der Waals surface area contributed by atoms with E-state index < -0.39 is 0 Å². The first-order valence-corrected chi connectivity index (χ1v) is 6.38. The number of hydrogen-bond donors (Lipinski definition) is 0. The Labute approximate surface area is 108 Å². The summed E-state index contributed by atoms with van der Waals surface area (Å²) in [5.74, 6) is 0.987. The minimum atomic E-state index is 0.0102. The van der Waals surface area contributed by atoms with Gasteiger partial charge in [-0.1, -0.05) is 12.1 Å². The van der Waals surface area contributed by atoms with Gasteiger partial charge in [-0.05, 0) is 37.5 Å². The summed E-state index contributed by atoms with van der Waals surface area (Å²) in [5, 5.41) is 0.0791. The molecule has 0 heterocycles. The predicted molar refractivity (Wildman–Crippen MR) is 70.1 cm³/mol. The van der Waals surface area contributed by atoms with Gasteiger partial charge in [0.25, 0.3) is 0 Å². The molecule has 0 spiro atoms. The third-order valence-electron chi connectivity index (χ3n) is 3.60. The van der Waals surface area contributed by atoms with Crippen LogP contribution in [-0.2, 0) is 4.74 Å². The van der Waals surface area contributed by atoms with Gasteiger partial charge < -0.3 is 9.47 Å². The molecular formula is C14H19ClO2. The maximum Gasteiger partial charge on any atom is 0.128 e. The Morgan fingerprint density at radius 2 is 1.82 bits per heavy atom. The number of methoxy groups -OCH3 is 1. The van der Waals surface area contributed by atoms with E-state index in [1.165, 1.54) is 16.7 Å². The molecule has 0 aliphatic heterocycles. The standard InChI is InChI=1S/C14H19ClO2/c1-8-5-6-9(2)13(10(8)3)17-12-7-11(15)14(12)16-4/h5-6,11-12,14H,7H2,1-4H3. The Morgan fingerprint density at radius 1 is 1.18 bits per heavy atom. The Bertz CT molecular complexity index is 417. The van der Waals surface area contributed by atoms with Crippen LogP contribution in [0, 0.1) is 20.8 Å². The lowest BCUT2D eigenvalue weighted by Crippen LogP contribution is -2.52. The molecule has 94 valence electrons. The first kappa shape index (κ1) is 12.7. The molecule has 3 heteroatoms. The van der Waals surface area contributed by atoms with E-state index in [2.05, 4.69) is 32.9 Å². The third-order valence-corrected chi connectivity index (χ3v) is 4.02. The zero-order valence-corrected chi connectivity index (χ0v) is 11.5. The van der Waals surface area contributed by atoms with E-state index in [9.17, 15) is 0 Å². The molecule has 1 aromatic rings. The second kappa shape index (κ2) is 4.87. The number of benzene rings is 1. The van der Waals surface area contributed by atoms with E-state index in [1.54, 1.807) is 7.11 Å². The molecule has 0 N–H and O–H groups in total. The lowest BCUT2D eigenvalue weighted by molar-refractivity contribution is -0.0588. The number of alkyl halides is 1. The lowest BCUT2D eigenvalue weighted by atomic mass is 9.90. The van der Waals surface area contributed by atoms with Gasteiger partial charge >= 0.3 is 0 Å². The smallest absolute Gasteiger partial charge is 0.128 e. The van der Waals surface area contributed by atoms with Gasteiger partial charge in [0.1, 0.15) is 18.0 Å². The van der Waals surface area contributed by atoms with Crippen LogP contribution in [0.1, 0.15) is 23.1 Å². The van der Waals surface area contributed by atoms with Gasteiger partial charge in [0, 0.05) is 13.5 Å². The number of rotatable bonds is 3. The summed E-state index contributed by atoms with van der Waals surface area (Å²) >= 11 is 6.08. The SMILES string of the molecule is COC1C(Cl)CC1Oc1c(C)ccc(C)c1C. The molecule has 2 rings (SSSR count). The van der Waals surface area contributed by atoms with Crippen LogP contribution < -0.4 is 4.74 Å². The largest absolute Gasteiger partial charge is 0.487 e. The highest BCUT2D eigenvalue weighted by atomic mass is 35.5. The van der Waals surface area contributed by atoms with Gasteiger partial charge in [0.15, 0.2) is 0 Å². The molecule has 3 unspecified atom stereocenters. The summed E-state index contributed by atoms with van der Waals surface area (Å²) < 4.78 is 11.4. The zero-order chi connectivity index (χ0) is 12.6. The van der Waals surface area contributed by atoms with E-state index in [4.69, 9.17) is 21.1 Å². The van der Waals surface area contributed by atoms with Crippen LogP contribution in [0.5, 0.6) is 5.75 Å². The van der Waals surface area contributed by atoms with Crippen molar-refractivity contribution in [3.63, 3.8) is 0 Å². The fraction of sp³-hybridized carbons (Fsp3) is 0.571. The van der Waals surface area contributed by atoms with Gasteiger partial charge in [-0.2, -0.15) is 0 Å². The van der Waals surface area contributed by atoms with Crippen LogP contribution in [-0.4, -0.2) is 24.7 Å². The van der Waals surface area contributed by atoms with Crippen molar-refractivity contribution in [1.82, 2.24) is 0 Å². The summed E-state index contributed by atoms with van der Waals surface area (Å²) in [6.45, 7) is 6.26. The number of halogens is 1. The molecule has 0 saturated heterocycles. The minimum absolute atomic E-state index is 0.0102. The van der Waals surface area contributed by atoms with Crippen LogP contribution in [0.4, 0.5) is 0 Å². The van der Waals surface area contributed by atoms with Crippen molar-refractivity contribution in [2.75, 3.05) is 7.11 Å². The summed E-state index contributed by atoms with van der Waals surface area (Å²) in [4.78, 5) is 0. The van der Waals surface area contributed by atoms with Crippen molar-refractivity contribution in [3.8, 4) is 5.75 Å². The van der Waals surface area contributed by atoms with E-state index >= 15 is 0 Å². The van der Waals surface area contributed by atoms with Gasteiger partial charge in [-0.25, -0.2) is 0 Å². The summed E-state index contributed by atoms with van der Waals surface area (Å²) in [7, 11) is 1.69. The van der Waals surface area contributed by atoms with E-state index in [0.29, 0.717) is 0 Å². The molecule has 1 aromatic carbocycles. The van der Waals surface area contributed by atoms with Crippen LogP contribution in [0.2, 0.25) is 0 Å². The van der Waals surface area contributed by atoms with Crippen molar-refractivity contribution in [2.24, 2.45) is 0 Å². The first-order valence-electron chi connectivity index (χ1n) is 5.95. The zero-order valence-electron chi connectivity index (χ0n) is 10.8. The molecule has 0 bridgehead atoms. The van der Waals surface area contributed by atoms with Gasteiger partial charge in [-0.15, -0.1) is 11.6 Å². The predicted octanol–water partition coefficient (Wildman–Crippen LogP) is 3.39. The van der Waals surface area contributed by atoms with E-state index in [0.717, 1.165) is 12.2 Å². The molecule has 0 aromatic heterocycles. The van der Waals surface area contributed by atoms with Crippen LogP contribution in [0.3, 0.4) is 0 Å². The Hall–Kier alpha value is -0.730. The molecule has 17 heavy (non-hydrogen) atoms. The topological polar surface area (TPSA) is 18.5 Å². The quantitative estimate of drug-likeness (QED) is 0.770. The molecule has 1 fully saturated rings. The van der Waals surface area contributed by atoms with Crippen molar-refractivity contribution < 1.29 is 9.47 Å². The van der Waals surface area contributed by atoms with Gasteiger partial charge in [0.2, 0.25) is 0 Å². The number of aryl methyl sites for hydroxylation is 2. The fourth-order valence-corrected chi connectivity index (χ4v) is 2.64. The van der Waals surface area contributed by atoms with Crippen molar-refractivity contribution in [1.29, 1.82) is 0 Å². The molecule has 1 aliphatic rings. The molecule has 1 aliphatic carbocycles. The molecule has 0 amide bonds. The Balaban J connectivity index is 2.17. The Morgan fingerprint density at radius 3 is 2.41 bits per heavy atom. The van der Waals surface area contributed by atoms with Gasteiger partial charge in [0.05, 0.1) is 5.38 Å². The van der Waals surface area contributed by atoms with E-state index in [-0.39, 0.29) is 17.6 Å². The van der Waals surface area contributed by atoms with Crippen molar-refractivity contribution >= 4 is 11.6 Å². The highest BCUT2D eigenvalue weighted by Gasteiger charge is 2.42. The van der Waals surface area contributed by atoms with Crippen LogP contribution in [0.15, 0.2) is 12.1 Å². The molecule has 0 radical (unpaired) electrons. The summed E-state index contributed by atoms with van der Waals surface area (Å²) in [6.07, 6.45) is 0.949. The molecule has 1 saturated carbocycles. The third kappa shape index (κ3) is 2.29. The minimum Gasteiger partial charge on any atom is -0.487 e. The molecule has 2 nitrogen and oxygen atoms in total. The van der Waals surface area contributed by atoms with Crippen molar-refractivity contribution in [2.45, 2.75) is 44.8 Å². The van der Waals surface area contributed by atoms with E-state index in [1.807, 2.05) is 0 Å². The number of ether oxygens (including phenoxy) is 2. The fourth-order valence-electron chi connectivity index (χ4n) is 2.20. The van der Waals surface area contributed by atoms with Gasteiger partial charge in [-0.3, -0.25) is 0 Å². The maximum absolute atomic E-state index is 6.08. The first-order chi connectivity index (χ1) is 8.04. The second-order valence-corrected chi connectivity index (χ2v) is 5.32. The average Bonchev–Trinajstić information content (AvgIpc) is 2.28. The highest BCUT2D eigenvalue weighted by Crippen LogP contribution is 2.35. The monoisotopic (exact) mass is 254 g/mol. The summed E-state index contributed by atoms with van der Waals surface area (Å²) in [6, 6.07) is 4.22. The molecule has 3 atom stereocenters. The number of hydrogen-bond acceptors (Lipinski definition) is 2. The normalized spacial score (nSPS) is 27.7. The van der Waals surface area contributed by atoms with Crippen molar-refractivity contribution in [3.05, 3.63) is 28.8 Å². The highest BCUT2D eigenvalue weighted by molar-refractivity contribution is 6.21. The van der Waals surface area contributed by atoms with Crippen LogP contribution in [0.25, 0.3) is 0 Å². The molecular weight excluding hydrogens is 236 g/mol. The van der Waals surface area contributed by atoms with Crippen LogP contribution >= 0.6 is 11.6 Å². The second-order valence-electron chi connectivity index (χ2n) is 4.76. The Kier molecular flexibility index (Phi) is 3.64. The average molecular weight is 255 g/mol.